The summed E-state index contributed by atoms with van der Waals surface area (Å²) in [5.41, 5.74) is 4.29. The van der Waals surface area contributed by atoms with E-state index in [4.69, 9.17) is 4.74 Å². The minimum absolute atomic E-state index is 0.556. The second-order valence-corrected chi connectivity index (χ2v) is 4.59. The number of pyridine rings is 1. The SMILES string of the molecule is Cc1ccc2c(n1)-c1cc3ccccc3n1CO2. The Morgan fingerprint density at radius 2 is 2.06 bits per heavy atom. The summed E-state index contributed by atoms with van der Waals surface area (Å²) in [7, 11) is 0. The van der Waals surface area contributed by atoms with E-state index in [2.05, 4.69) is 39.9 Å². The zero-order valence-corrected chi connectivity index (χ0v) is 10.1. The van der Waals surface area contributed by atoms with Crippen molar-refractivity contribution in [3.63, 3.8) is 0 Å². The average Bonchev–Trinajstić information content (AvgIpc) is 2.78. The standard InChI is InChI=1S/C15H12N2O/c1-10-6-7-14-15(16-10)13-8-11-4-2-3-5-12(11)17(13)9-18-14/h2-8H,9H2,1H3. The average molecular weight is 236 g/mol. The van der Waals surface area contributed by atoms with Crippen molar-refractivity contribution in [2.24, 2.45) is 0 Å². The lowest BCUT2D eigenvalue weighted by atomic mass is 10.2. The number of hydrogen-bond donors (Lipinski definition) is 0. The van der Waals surface area contributed by atoms with Crippen molar-refractivity contribution in [2.75, 3.05) is 0 Å². The Morgan fingerprint density at radius 3 is 3.00 bits per heavy atom. The van der Waals surface area contributed by atoms with Gasteiger partial charge in [-0.15, -0.1) is 0 Å². The van der Waals surface area contributed by atoms with Crippen molar-refractivity contribution in [2.45, 2.75) is 13.7 Å². The lowest BCUT2D eigenvalue weighted by Crippen LogP contribution is -2.13. The van der Waals surface area contributed by atoms with Crippen molar-refractivity contribution in [3.8, 4) is 17.1 Å². The van der Waals surface area contributed by atoms with Gasteiger partial charge in [0.05, 0.1) is 11.2 Å². The Kier molecular flexibility index (Phi) is 1.81. The number of hydrogen-bond acceptors (Lipinski definition) is 2. The largest absolute Gasteiger partial charge is 0.470 e. The molecule has 0 saturated heterocycles. The van der Waals surface area contributed by atoms with Crippen LogP contribution in [0.1, 0.15) is 5.69 Å². The summed E-state index contributed by atoms with van der Waals surface area (Å²) in [5.74, 6) is 0.871. The van der Waals surface area contributed by atoms with E-state index in [0.29, 0.717) is 6.73 Å². The molecule has 4 rings (SSSR count). The summed E-state index contributed by atoms with van der Waals surface area (Å²) >= 11 is 0. The number of ether oxygens (including phenoxy) is 1. The summed E-state index contributed by atoms with van der Waals surface area (Å²) in [6, 6.07) is 14.5. The summed E-state index contributed by atoms with van der Waals surface area (Å²) in [6.07, 6.45) is 0. The topological polar surface area (TPSA) is 27.1 Å². The number of para-hydroxylation sites is 1. The van der Waals surface area contributed by atoms with Gasteiger partial charge in [0.15, 0.2) is 6.73 Å². The minimum atomic E-state index is 0.556. The monoisotopic (exact) mass is 236 g/mol. The van der Waals surface area contributed by atoms with Crippen LogP contribution in [0.2, 0.25) is 0 Å². The van der Waals surface area contributed by atoms with Crippen molar-refractivity contribution < 1.29 is 4.74 Å². The van der Waals surface area contributed by atoms with Gasteiger partial charge < -0.3 is 9.30 Å². The molecule has 0 amide bonds. The zero-order valence-electron chi connectivity index (χ0n) is 10.1. The number of benzene rings is 1. The van der Waals surface area contributed by atoms with Gasteiger partial charge in [0.25, 0.3) is 0 Å². The van der Waals surface area contributed by atoms with Gasteiger partial charge in [0, 0.05) is 11.1 Å². The third kappa shape index (κ3) is 1.21. The third-order valence-corrected chi connectivity index (χ3v) is 3.40. The highest BCUT2D eigenvalue weighted by atomic mass is 16.5. The third-order valence-electron chi connectivity index (χ3n) is 3.40. The Balaban J connectivity index is 2.08. The molecule has 0 spiro atoms. The molecule has 1 aromatic carbocycles. The quantitative estimate of drug-likeness (QED) is 0.598. The lowest BCUT2D eigenvalue weighted by Gasteiger charge is -2.20. The van der Waals surface area contributed by atoms with Gasteiger partial charge in [0.2, 0.25) is 0 Å². The number of nitrogens with zero attached hydrogens (tertiary/aromatic N) is 2. The summed E-state index contributed by atoms with van der Waals surface area (Å²) in [4.78, 5) is 4.60. The maximum Gasteiger partial charge on any atom is 0.165 e. The fourth-order valence-electron chi connectivity index (χ4n) is 2.52. The molecular weight excluding hydrogens is 224 g/mol. The number of fused-ring (bicyclic) bond motifs is 5. The number of rotatable bonds is 0. The molecule has 3 nitrogen and oxygen atoms in total. The zero-order chi connectivity index (χ0) is 12.1. The molecule has 18 heavy (non-hydrogen) atoms. The van der Waals surface area contributed by atoms with Gasteiger partial charge in [0.1, 0.15) is 11.4 Å². The molecule has 0 radical (unpaired) electrons. The van der Waals surface area contributed by atoms with Gasteiger partial charge in [-0.2, -0.15) is 0 Å². The molecule has 0 fully saturated rings. The van der Waals surface area contributed by atoms with Crippen molar-refractivity contribution in [3.05, 3.63) is 48.2 Å². The van der Waals surface area contributed by atoms with Crippen LogP contribution in [0.15, 0.2) is 42.5 Å². The van der Waals surface area contributed by atoms with Crippen LogP contribution in [0.3, 0.4) is 0 Å². The molecule has 3 aromatic rings. The normalized spacial score (nSPS) is 12.9. The molecule has 3 heteroatoms. The molecule has 2 aromatic heterocycles. The van der Waals surface area contributed by atoms with Crippen molar-refractivity contribution in [1.82, 2.24) is 9.55 Å². The second kappa shape index (κ2) is 3.35. The van der Waals surface area contributed by atoms with Gasteiger partial charge >= 0.3 is 0 Å². The maximum atomic E-state index is 5.77. The van der Waals surface area contributed by atoms with Crippen LogP contribution in [0.4, 0.5) is 0 Å². The highest BCUT2D eigenvalue weighted by Gasteiger charge is 2.20. The van der Waals surface area contributed by atoms with E-state index in [9.17, 15) is 0 Å². The molecular formula is C15H12N2O. The van der Waals surface area contributed by atoms with Crippen LogP contribution in [-0.2, 0) is 6.73 Å². The first-order valence-corrected chi connectivity index (χ1v) is 6.02. The summed E-state index contributed by atoms with van der Waals surface area (Å²) in [5, 5.41) is 1.23. The highest BCUT2D eigenvalue weighted by molar-refractivity contribution is 5.87. The molecule has 0 unspecified atom stereocenters. The molecule has 3 heterocycles. The Hall–Kier alpha value is -2.29. The van der Waals surface area contributed by atoms with Crippen LogP contribution in [0.25, 0.3) is 22.3 Å². The molecule has 0 atom stereocenters. The first-order valence-electron chi connectivity index (χ1n) is 6.02. The lowest BCUT2D eigenvalue weighted by molar-refractivity contribution is 0.234. The van der Waals surface area contributed by atoms with Gasteiger partial charge in [-0.1, -0.05) is 18.2 Å². The molecule has 0 saturated carbocycles. The van der Waals surface area contributed by atoms with Crippen molar-refractivity contribution >= 4 is 10.9 Å². The van der Waals surface area contributed by atoms with Crippen LogP contribution in [0, 0.1) is 6.92 Å². The molecule has 0 aliphatic carbocycles. The second-order valence-electron chi connectivity index (χ2n) is 4.59. The van der Waals surface area contributed by atoms with E-state index in [1.165, 1.54) is 10.9 Å². The highest BCUT2D eigenvalue weighted by Crippen LogP contribution is 2.36. The Morgan fingerprint density at radius 1 is 1.17 bits per heavy atom. The maximum absolute atomic E-state index is 5.77. The first kappa shape index (κ1) is 9.71. The fourth-order valence-corrected chi connectivity index (χ4v) is 2.52. The summed E-state index contributed by atoms with van der Waals surface area (Å²) < 4.78 is 7.94. The van der Waals surface area contributed by atoms with E-state index in [0.717, 1.165) is 22.8 Å². The first-order chi connectivity index (χ1) is 8.83. The predicted octanol–water partition coefficient (Wildman–Crippen LogP) is 3.36. The molecule has 0 bridgehead atoms. The molecule has 1 aliphatic heterocycles. The smallest absolute Gasteiger partial charge is 0.165 e. The van der Waals surface area contributed by atoms with E-state index in [-0.39, 0.29) is 0 Å². The Labute approximate surface area is 105 Å². The molecule has 88 valence electrons. The molecule has 0 N–H and O–H groups in total. The van der Waals surface area contributed by atoms with Crippen LogP contribution >= 0.6 is 0 Å². The summed E-state index contributed by atoms with van der Waals surface area (Å²) in [6.45, 7) is 2.56. The predicted molar refractivity (Wildman–Crippen MR) is 70.5 cm³/mol. The Bertz CT molecular complexity index is 758. The minimum Gasteiger partial charge on any atom is -0.470 e. The van der Waals surface area contributed by atoms with E-state index in [1.54, 1.807) is 0 Å². The van der Waals surface area contributed by atoms with Gasteiger partial charge in [-0.25, -0.2) is 4.98 Å². The van der Waals surface area contributed by atoms with E-state index >= 15 is 0 Å². The number of aryl methyl sites for hydroxylation is 1. The number of aromatic nitrogens is 2. The van der Waals surface area contributed by atoms with Gasteiger partial charge in [-0.3, -0.25) is 0 Å². The van der Waals surface area contributed by atoms with Crippen LogP contribution in [0.5, 0.6) is 5.75 Å². The van der Waals surface area contributed by atoms with Gasteiger partial charge in [-0.05, 0) is 31.2 Å². The van der Waals surface area contributed by atoms with Crippen molar-refractivity contribution in [1.29, 1.82) is 0 Å². The molecule has 1 aliphatic rings. The van der Waals surface area contributed by atoms with Crippen LogP contribution < -0.4 is 4.74 Å². The van der Waals surface area contributed by atoms with Crippen LogP contribution in [-0.4, -0.2) is 9.55 Å². The van der Waals surface area contributed by atoms with E-state index in [1.807, 2.05) is 19.1 Å². The van der Waals surface area contributed by atoms with E-state index < -0.39 is 0 Å². The fraction of sp³-hybridized carbons (Fsp3) is 0.133.